The van der Waals surface area contributed by atoms with Crippen LogP contribution in [0, 0.1) is 17.3 Å². The lowest BCUT2D eigenvalue weighted by Gasteiger charge is -2.44. The molecule has 3 rings (SSSR count). The van der Waals surface area contributed by atoms with Crippen LogP contribution in [0.5, 0.6) is 0 Å². The molecule has 0 nitrogen and oxygen atoms in total. The Morgan fingerprint density at radius 1 is 0.833 bits per heavy atom. The second-order valence-electron chi connectivity index (χ2n) is 5.49. The molecule has 0 aliphatic heterocycles. The fraction of sp³-hybridized carbons (Fsp3) is 1.00. The van der Waals surface area contributed by atoms with Gasteiger partial charge in [0.15, 0.2) is 0 Å². The Morgan fingerprint density at radius 2 is 1.83 bits per heavy atom. The quantitative estimate of drug-likeness (QED) is 0.511. The summed E-state index contributed by atoms with van der Waals surface area (Å²) in [5.41, 5.74) is 0.890. The van der Waals surface area contributed by atoms with Crippen molar-refractivity contribution < 1.29 is 0 Å². The highest BCUT2D eigenvalue weighted by atomic mass is 14.5. The van der Waals surface area contributed by atoms with E-state index in [1.54, 1.807) is 51.4 Å². The van der Waals surface area contributed by atoms with Crippen LogP contribution in [0.15, 0.2) is 0 Å². The minimum Gasteiger partial charge on any atom is -0.0530 e. The van der Waals surface area contributed by atoms with E-state index in [-0.39, 0.29) is 0 Å². The lowest BCUT2D eigenvalue weighted by Crippen LogP contribution is -2.34. The summed E-state index contributed by atoms with van der Waals surface area (Å²) in [6, 6.07) is 0. The first kappa shape index (κ1) is 7.41. The molecule has 0 heterocycles. The molecule has 3 atom stereocenters. The number of hydrogen-bond donors (Lipinski definition) is 0. The maximum Gasteiger partial charge on any atom is -0.0266 e. The summed E-state index contributed by atoms with van der Waals surface area (Å²) >= 11 is 0. The topological polar surface area (TPSA) is 0 Å². The van der Waals surface area contributed by atoms with Gasteiger partial charge in [-0.15, -0.1) is 0 Å². The van der Waals surface area contributed by atoms with Crippen molar-refractivity contribution in [2.45, 2.75) is 57.8 Å². The van der Waals surface area contributed by atoms with Gasteiger partial charge >= 0.3 is 0 Å². The third-order valence-corrected chi connectivity index (χ3v) is 5.01. The van der Waals surface area contributed by atoms with Gasteiger partial charge in [-0.2, -0.15) is 0 Å². The van der Waals surface area contributed by atoms with Crippen LogP contribution in [-0.2, 0) is 0 Å². The summed E-state index contributed by atoms with van der Waals surface area (Å²) < 4.78 is 0. The minimum absolute atomic E-state index is 0.890. The standard InChI is InChI=1S/C12H20/c1-2-7-12-8-6-10(9-12)4-5-11(12)3-1/h10-11H,1-9H2/t10-,11?,12-/m0/s1. The molecule has 0 heteroatoms. The maximum atomic E-state index is 1.62. The van der Waals surface area contributed by atoms with Gasteiger partial charge in [0.05, 0.1) is 0 Å². The van der Waals surface area contributed by atoms with E-state index in [0.29, 0.717) is 0 Å². The summed E-state index contributed by atoms with van der Waals surface area (Å²) in [6.45, 7) is 0. The molecular weight excluding hydrogens is 144 g/mol. The Labute approximate surface area is 75.7 Å². The van der Waals surface area contributed by atoms with Gasteiger partial charge in [0.1, 0.15) is 0 Å². The molecule has 12 heavy (non-hydrogen) atoms. The Hall–Kier alpha value is 0. The highest BCUT2D eigenvalue weighted by Gasteiger charge is 2.48. The molecule has 0 radical (unpaired) electrons. The van der Waals surface area contributed by atoms with E-state index >= 15 is 0 Å². The molecule has 3 aliphatic carbocycles. The monoisotopic (exact) mass is 164 g/mol. The Morgan fingerprint density at radius 3 is 2.83 bits per heavy atom. The van der Waals surface area contributed by atoms with Crippen LogP contribution in [0.2, 0.25) is 0 Å². The number of fused-ring (bicyclic) bond motifs is 1. The third kappa shape index (κ3) is 0.900. The van der Waals surface area contributed by atoms with Gasteiger partial charge in [-0.1, -0.05) is 19.3 Å². The van der Waals surface area contributed by atoms with Crippen LogP contribution in [0.25, 0.3) is 0 Å². The number of rotatable bonds is 0. The second-order valence-corrected chi connectivity index (χ2v) is 5.49. The molecule has 3 saturated carbocycles. The Bertz CT molecular complexity index is 178. The molecule has 0 aromatic carbocycles. The average molecular weight is 164 g/mol. The van der Waals surface area contributed by atoms with E-state index in [9.17, 15) is 0 Å². The van der Waals surface area contributed by atoms with Gasteiger partial charge < -0.3 is 0 Å². The molecule has 3 aliphatic rings. The molecule has 0 amide bonds. The molecule has 2 bridgehead atoms. The van der Waals surface area contributed by atoms with E-state index in [1.165, 1.54) is 6.42 Å². The van der Waals surface area contributed by atoms with Crippen LogP contribution < -0.4 is 0 Å². The predicted molar refractivity (Wildman–Crippen MR) is 51.0 cm³/mol. The molecular formula is C12H20. The normalized spacial score (nSPS) is 52.0. The van der Waals surface area contributed by atoms with Crippen LogP contribution in [0.3, 0.4) is 0 Å². The first-order chi connectivity index (χ1) is 5.89. The fourth-order valence-corrected chi connectivity index (χ4v) is 4.38. The van der Waals surface area contributed by atoms with Crippen LogP contribution in [0.4, 0.5) is 0 Å². The zero-order valence-electron chi connectivity index (χ0n) is 8.02. The third-order valence-electron chi connectivity index (χ3n) is 5.01. The smallest absolute Gasteiger partial charge is 0.0266 e. The highest BCUT2D eigenvalue weighted by Crippen LogP contribution is 2.60. The van der Waals surface area contributed by atoms with Crippen molar-refractivity contribution in [2.24, 2.45) is 17.3 Å². The molecule has 0 N–H and O–H groups in total. The lowest BCUT2D eigenvalue weighted by atomic mass is 9.61. The first-order valence-corrected chi connectivity index (χ1v) is 5.89. The molecule has 68 valence electrons. The van der Waals surface area contributed by atoms with Gasteiger partial charge in [0, 0.05) is 0 Å². The second kappa shape index (κ2) is 2.49. The SMILES string of the molecule is C1CC[C@@]23CC[C@H](CCC2C1)C3. The Kier molecular flexibility index (Phi) is 1.54. The zero-order valence-corrected chi connectivity index (χ0v) is 8.02. The molecule has 0 aromatic heterocycles. The minimum atomic E-state index is 0.890. The van der Waals surface area contributed by atoms with Gasteiger partial charge in [0.2, 0.25) is 0 Å². The lowest BCUT2D eigenvalue weighted by molar-refractivity contribution is 0.0617. The van der Waals surface area contributed by atoms with Crippen molar-refractivity contribution in [3.8, 4) is 0 Å². The molecule has 0 saturated heterocycles. The largest absolute Gasteiger partial charge is 0.0530 e. The summed E-state index contributed by atoms with van der Waals surface area (Å²) in [5.74, 6) is 2.31. The van der Waals surface area contributed by atoms with Crippen molar-refractivity contribution in [2.75, 3.05) is 0 Å². The van der Waals surface area contributed by atoms with Crippen molar-refractivity contribution in [1.82, 2.24) is 0 Å². The van der Waals surface area contributed by atoms with Crippen LogP contribution in [0.1, 0.15) is 57.8 Å². The van der Waals surface area contributed by atoms with Gasteiger partial charge in [-0.25, -0.2) is 0 Å². The molecule has 1 spiro atoms. The average Bonchev–Trinajstić information content (AvgIpc) is 2.43. The van der Waals surface area contributed by atoms with E-state index in [2.05, 4.69) is 0 Å². The van der Waals surface area contributed by atoms with E-state index in [1.807, 2.05) is 0 Å². The summed E-state index contributed by atoms with van der Waals surface area (Å²) in [4.78, 5) is 0. The van der Waals surface area contributed by atoms with E-state index in [0.717, 1.165) is 17.3 Å². The molecule has 3 fully saturated rings. The van der Waals surface area contributed by atoms with Crippen molar-refractivity contribution >= 4 is 0 Å². The number of hydrogen-bond acceptors (Lipinski definition) is 0. The van der Waals surface area contributed by atoms with Gasteiger partial charge in [0.25, 0.3) is 0 Å². The summed E-state index contributed by atoms with van der Waals surface area (Å²) in [6.07, 6.45) is 14.2. The predicted octanol–water partition coefficient (Wildman–Crippen LogP) is 3.76. The highest BCUT2D eigenvalue weighted by molar-refractivity contribution is 4.99. The van der Waals surface area contributed by atoms with E-state index < -0.39 is 0 Å². The molecule has 1 unspecified atom stereocenters. The van der Waals surface area contributed by atoms with Crippen LogP contribution >= 0.6 is 0 Å². The zero-order chi connectivity index (χ0) is 8.02. The summed E-state index contributed by atoms with van der Waals surface area (Å²) in [5, 5.41) is 0. The van der Waals surface area contributed by atoms with Gasteiger partial charge in [-0.3, -0.25) is 0 Å². The Balaban J connectivity index is 1.88. The van der Waals surface area contributed by atoms with Crippen molar-refractivity contribution in [1.29, 1.82) is 0 Å². The summed E-state index contributed by atoms with van der Waals surface area (Å²) in [7, 11) is 0. The van der Waals surface area contributed by atoms with Crippen molar-refractivity contribution in [3.63, 3.8) is 0 Å². The van der Waals surface area contributed by atoms with E-state index in [4.69, 9.17) is 0 Å². The fourth-order valence-electron chi connectivity index (χ4n) is 4.38. The maximum absolute atomic E-state index is 1.62. The van der Waals surface area contributed by atoms with Crippen LogP contribution in [-0.4, -0.2) is 0 Å². The first-order valence-electron chi connectivity index (χ1n) is 5.89. The molecule has 0 aromatic rings. The van der Waals surface area contributed by atoms with Gasteiger partial charge in [-0.05, 0) is 55.8 Å². The van der Waals surface area contributed by atoms with Crippen molar-refractivity contribution in [3.05, 3.63) is 0 Å².